The number of rotatable bonds is 5. The molecule has 100 valence electrons. The van der Waals surface area contributed by atoms with E-state index in [1.165, 1.54) is 38.5 Å². The van der Waals surface area contributed by atoms with Crippen molar-refractivity contribution in [2.45, 2.75) is 57.0 Å². The Hall–Kier alpha value is -0.120. The van der Waals surface area contributed by atoms with Crippen LogP contribution in [0.1, 0.15) is 51.4 Å². The van der Waals surface area contributed by atoms with Gasteiger partial charge in [-0.3, -0.25) is 0 Å². The molecule has 2 aliphatic rings. The van der Waals surface area contributed by atoms with Gasteiger partial charge in [0.2, 0.25) is 0 Å². The van der Waals surface area contributed by atoms with Crippen molar-refractivity contribution in [3.63, 3.8) is 0 Å². The van der Waals surface area contributed by atoms with E-state index in [0.29, 0.717) is 13.2 Å². The fourth-order valence-corrected chi connectivity index (χ4v) is 3.08. The van der Waals surface area contributed by atoms with Crippen molar-refractivity contribution < 1.29 is 9.47 Å². The second-order valence-corrected chi connectivity index (χ2v) is 5.68. The van der Waals surface area contributed by atoms with Crippen LogP contribution in [0.3, 0.4) is 0 Å². The molecule has 0 spiro atoms. The molecular formula is C14H27NO2. The van der Waals surface area contributed by atoms with E-state index in [1.54, 1.807) is 0 Å². The minimum Gasteiger partial charge on any atom is -0.378 e. The Morgan fingerprint density at radius 2 is 2.00 bits per heavy atom. The van der Waals surface area contributed by atoms with Crippen molar-refractivity contribution in [2.75, 3.05) is 26.4 Å². The minimum atomic E-state index is -0.174. The van der Waals surface area contributed by atoms with Gasteiger partial charge in [-0.2, -0.15) is 0 Å². The largest absolute Gasteiger partial charge is 0.378 e. The molecule has 0 bridgehead atoms. The molecule has 0 amide bonds. The molecular weight excluding hydrogens is 214 g/mol. The SMILES string of the molecule is NCC1(OCCC2CCCCC2)CCCOC1. The zero-order valence-electron chi connectivity index (χ0n) is 11.0. The van der Waals surface area contributed by atoms with Gasteiger partial charge in [-0.1, -0.05) is 32.1 Å². The van der Waals surface area contributed by atoms with Crippen molar-refractivity contribution in [3.05, 3.63) is 0 Å². The van der Waals surface area contributed by atoms with Crippen LogP contribution in [0.2, 0.25) is 0 Å². The van der Waals surface area contributed by atoms with Crippen LogP contribution in [0.25, 0.3) is 0 Å². The van der Waals surface area contributed by atoms with Gasteiger partial charge in [-0.25, -0.2) is 0 Å². The van der Waals surface area contributed by atoms with Gasteiger partial charge in [-0.15, -0.1) is 0 Å². The summed E-state index contributed by atoms with van der Waals surface area (Å²) in [5, 5.41) is 0. The number of nitrogens with two attached hydrogens (primary N) is 1. The Morgan fingerprint density at radius 1 is 1.18 bits per heavy atom. The summed E-state index contributed by atoms with van der Waals surface area (Å²) < 4.78 is 11.6. The third-order valence-electron chi connectivity index (χ3n) is 4.32. The van der Waals surface area contributed by atoms with Gasteiger partial charge in [-0.05, 0) is 25.2 Å². The van der Waals surface area contributed by atoms with E-state index < -0.39 is 0 Å². The van der Waals surface area contributed by atoms with Crippen molar-refractivity contribution in [3.8, 4) is 0 Å². The minimum absolute atomic E-state index is 0.174. The van der Waals surface area contributed by atoms with Gasteiger partial charge in [0, 0.05) is 19.8 Å². The normalized spacial score (nSPS) is 31.6. The van der Waals surface area contributed by atoms with E-state index in [9.17, 15) is 0 Å². The molecule has 1 saturated heterocycles. The van der Waals surface area contributed by atoms with Crippen LogP contribution in [0.5, 0.6) is 0 Å². The lowest BCUT2D eigenvalue weighted by molar-refractivity contribution is -0.125. The molecule has 1 saturated carbocycles. The summed E-state index contributed by atoms with van der Waals surface area (Å²) in [4.78, 5) is 0. The Bertz CT molecular complexity index is 208. The molecule has 1 aliphatic heterocycles. The monoisotopic (exact) mass is 241 g/mol. The quantitative estimate of drug-likeness (QED) is 0.804. The summed E-state index contributed by atoms with van der Waals surface area (Å²) in [6, 6.07) is 0. The third kappa shape index (κ3) is 3.94. The fraction of sp³-hybridized carbons (Fsp3) is 1.00. The highest BCUT2D eigenvalue weighted by Gasteiger charge is 2.32. The lowest BCUT2D eigenvalue weighted by Gasteiger charge is -2.36. The first-order valence-corrected chi connectivity index (χ1v) is 7.26. The summed E-state index contributed by atoms with van der Waals surface area (Å²) in [6.45, 7) is 3.02. The highest BCUT2D eigenvalue weighted by Crippen LogP contribution is 2.28. The van der Waals surface area contributed by atoms with Gasteiger partial charge in [0.15, 0.2) is 0 Å². The number of hydrogen-bond donors (Lipinski definition) is 1. The summed E-state index contributed by atoms with van der Waals surface area (Å²) >= 11 is 0. The molecule has 2 N–H and O–H groups in total. The van der Waals surface area contributed by atoms with Crippen molar-refractivity contribution in [2.24, 2.45) is 11.7 Å². The molecule has 0 aromatic rings. The van der Waals surface area contributed by atoms with Gasteiger partial charge < -0.3 is 15.2 Å². The molecule has 17 heavy (non-hydrogen) atoms. The van der Waals surface area contributed by atoms with Gasteiger partial charge in [0.25, 0.3) is 0 Å². The first kappa shape index (κ1) is 13.3. The standard InChI is InChI=1S/C14H27NO2/c15-11-14(8-4-9-16-12-14)17-10-7-13-5-2-1-3-6-13/h13H,1-12,15H2. The van der Waals surface area contributed by atoms with Crippen LogP contribution in [0.15, 0.2) is 0 Å². The fourth-order valence-electron chi connectivity index (χ4n) is 3.08. The predicted molar refractivity (Wildman–Crippen MR) is 69.0 cm³/mol. The molecule has 0 aromatic carbocycles. The Kier molecular flexibility index (Phi) is 5.26. The van der Waals surface area contributed by atoms with E-state index >= 15 is 0 Å². The molecule has 3 nitrogen and oxygen atoms in total. The molecule has 0 aromatic heterocycles. The highest BCUT2D eigenvalue weighted by atomic mass is 16.5. The molecule has 2 fully saturated rings. The smallest absolute Gasteiger partial charge is 0.104 e. The van der Waals surface area contributed by atoms with Crippen LogP contribution in [0.4, 0.5) is 0 Å². The summed E-state index contributed by atoms with van der Waals surface area (Å²) in [5.74, 6) is 0.892. The van der Waals surface area contributed by atoms with Crippen LogP contribution in [0, 0.1) is 5.92 Å². The second kappa shape index (κ2) is 6.72. The Labute approximate surface area is 105 Å². The molecule has 1 atom stereocenters. The maximum Gasteiger partial charge on any atom is 0.104 e. The topological polar surface area (TPSA) is 44.5 Å². The van der Waals surface area contributed by atoms with E-state index in [2.05, 4.69) is 0 Å². The lowest BCUT2D eigenvalue weighted by atomic mass is 9.87. The summed E-state index contributed by atoms with van der Waals surface area (Å²) in [6.07, 6.45) is 10.4. The summed E-state index contributed by atoms with van der Waals surface area (Å²) in [5.41, 5.74) is 5.68. The molecule has 1 aliphatic carbocycles. The van der Waals surface area contributed by atoms with Crippen molar-refractivity contribution in [1.29, 1.82) is 0 Å². The first-order chi connectivity index (χ1) is 8.35. The van der Waals surface area contributed by atoms with Gasteiger partial charge in [0.1, 0.15) is 5.60 Å². The van der Waals surface area contributed by atoms with Crippen LogP contribution >= 0.6 is 0 Å². The molecule has 2 rings (SSSR count). The zero-order chi connectivity index (χ0) is 12.0. The molecule has 0 radical (unpaired) electrons. The maximum absolute atomic E-state index is 6.07. The highest BCUT2D eigenvalue weighted by molar-refractivity contribution is 4.84. The van der Waals surface area contributed by atoms with Crippen LogP contribution in [-0.4, -0.2) is 32.0 Å². The average molecular weight is 241 g/mol. The molecule has 3 heteroatoms. The van der Waals surface area contributed by atoms with E-state index in [1.807, 2.05) is 0 Å². The number of ether oxygens (including phenoxy) is 2. The third-order valence-corrected chi connectivity index (χ3v) is 4.32. The maximum atomic E-state index is 6.07. The van der Waals surface area contributed by atoms with Crippen LogP contribution in [-0.2, 0) is 9.47 Å². The second-order valence-electron chi connectivity index (χ2n) is 5.68. The first-order valence-electron chi connectivity index (χ1n) is 7.26. The van der Waals surface area contributed by atoms with E-state index in [-0.39, 0.29) is 5.60 Å². The van der Waals surface area contributed by atoms with Gasteiger partial charge >= 0.3 is 0 Å². The average Bonchev–Trinajstić information content (AvgIpc) is 2.41. The van der Waals surface area contributed by atoms with Crippen LogP contribution < -0.4 is 5.73 Å². The summed E-state index contributed by atoms with van der Waals surface area (Å²) in [7, 11) is 0. The molecule has 1 heterocycles. The number of hydrogen-bond acceptors (Lipinski definition) is 3. The lowest BCUT2D eigenvalue weighted by Crippen LogP contribution is -2.48. The van der Waals surface area contributed by atoms with Crippen molar-refractivity contribution >= 4 is 0 Å². The Balaban J connectivity index is 1.68. The predicted octanol–water partition coefficient (Wildman–Crippen LogP) is 2.48. The van der Waals surface area contributed by atoms with E-state index in [4.69, 9.17) is 15.2 Å². The van der Waals surface area contributed by atoms with Crippen molar-refractivity contribution in [1.82, 2.24) is 0 Å². The Morgan fingerprint density at radius 3 is 2.65 bits per heavy atom. The van der Waals surface area contributed by atoms with Gasteiger partial charge in [0.05, 0.1) is 6.61 Å². The van der Waals surface area contributed by atoms with E-state index in [0.717, 1.165) is 32.0 Å². The molecule has 1 unspecified atom stereocenters. The zero-order valence-corrected chi connectivity index (χ0v) is 11.0.